The number of cyclic esters (lactones) is 1. The van der Waals surface area contributed by atoms with Gasteiger partial charge in [-0.1, -0.05) is 6.08 Å². The van der Waals surface area contributed by atoms with Gasteiger partial charge in [-0.25, -0.2) is 0 Å². The molecule has 1 aliphatic rings. The molecule has 0 saturated carbocycles. The molecule has 0 aromatic heterocycles. The van der Waals surface area contributed by atoms with Crippen molar-refractivity contribution in [3.05, 3.63) is 12.2 Å². The van der Waals surface area contributed by atoms with Gasteiger partial charge in [-0.3, -0.25) is 9.59 Å². The van der Waals surface area contributed by atoms with Crippen LogP contribution in [0.5, 0.6) is 0 Å². The summed E-state index contributed by atoms with van der Waals surface area (Å²) in [6, 6.07) is 0. The number of esters is 1. The van der Waals surface area contributed by atoms with E-state index in [0.29, 0.717) is 0 Å². The van der Waals surface area contributed by atoms with Crippen molar-refractivity contribution >= 4 is 11.8 Å². The van der Waals surface area contributed by atoms with E-state index in [0.717, 1.165) is 0 Å². The fourth-order valence-electron chi connectivity index (χ4n) is 1.70. The first-order valence-electron chi connectivity index (χ1n) is 4.82. The summed E-state index contributed by atoms with van der Waals surface area (Å²) in [5.41, 5.74) is -2.32. The second-order valence-corrected chi connectivity index (χ2v) is 4.17. The van der Waals surface area contributed by atoms with Crippen molar-refractivity contribution in [1.82, 2.24) is 0 Å². The maximum absolute atomic E-state index is 12.1. The van der Waals surface area contributed by atoms with Crippen LogP contribution in [0.25, 0.3) is 0 Å². The number of carbonyl (C=O) groups is 2. The van der Waals surface area contributed by atoms with E-state index in [9.17, 15) is 9.59 Å². The van der Waals surface area contributed by atoms with Crippen LogP contribution >= 0.6 is 0 Å². The number of ketones is 1. The molecule has 0 aromatic carbocycles. The number of hydrogen-bond donors (Lipinski definition) is 0. The first-order valence-corrected chi connectivity index (χ1v) is 4.82. The van der Waals surface area contributed by atoms with E-state index in [-0.39, 0.29) is 12.4 Å². The maximum atomic E-state index is 12.1. The molecule has 0 N–H and O–H groups in total. The van der Waals surface area contributed by atoms with E-state index < -0.39 is 17.0 Å². The molecule has 0 spiro atoms. The Labute approximate surface area is 89.2 Å². The third-order valence-corrected chi connectivity index (χ3v) is 2.53. The van der Waals surface area contributed by atoms with Gasteiger partial charge in [0.15, 0.2) is 5.78 Å². The molecule has 84 valence electrons. The summed E-state index contributed by atoms with van der Waals surface area (Å²) < 4.78 is 10.1. The molecular formula is C11H16O4. The van der Waals surface area contributed by atoms with Gasteiger partial charge in [-0.2, -0.15) is 0 Å². The van der Waals surface area contributed by atoms with Crippen LogP contribution in [0.3, 0.4) is 0 Å². The van der Waals surface area contributed by atoms with E-state index in [2.05, 4.69) is 0 Å². The van der Waals surface area contributed by atoms with Gasteiger partial charge in [0.05, 0.1) is 6.61 Å². The van der Waals surface area contributed by atoms with Gasteiger partial charge in [0.25, 0.3) is 0 Å². The Morgan fingerprint density at radius 2 is 2.00 bits per heavy atom. The molecular weight excluding hydrogens is 196 g/mol. The number of carbonyl (C=O) groups excluding carboxylic acids is 2. The maximum Gasteiger partial charge on any atom is 0.320 e. The molecule has 0 radical (unpaired) electrons. The van der Waals surface area contributed by atoms with Gasteiger partial charge in [0, 0.05) is 7.11 Å². The fourth-order valence-corrected chi connectivity index (χ4v) is 1.70. The van der Waals surface area contributed by atoms with Crippen molar-refractivity contribution in [2.75, 3.05) is 13.7 Å². The summed E-state index contributed by atoms with van der Waals surface area (Å²) in [4.78, 5) is 23.6. The Balaban J connectivity index is 3.13. The Hall–Kier alpha value is -1.16. The van der Waals surface area contributed by atoms with Crippen LogP contribution in [0.4, 0.5) is 0 Å². The van der Waals surface area contributed by atoms with Gasteiger partial charge >= 0.3 is 5.97 Å². The quantitative estimate of drug-likeness (QED) is 0.399. The van der Waals surface area contributed by atoms with Crippen molar-refractivity contribution in [1.29, 1.82) is 0 Å². The molecule has 0 aliphatic carbocycles. The molecule has 1 rings (SSSR count). The number of methoxy groups -OCH3 is 1. The Bertz CT molecular complexity index is 317. The number of rotatable bonds is 3. The molecule has 0 bridgehead atoms. The third kappa shape index (κ3) is 1.69. The van der Waals surface area contributed by atoms with Crippen LogP contribution in [-0.2, 0) is 19.1 Å². The minimum atomic E-state index is -1.23. The highest BCUT2D eigenvalue weighted by Gasteiger charge is 2.58. The highest BCUT2D eigenvalue weighted by atomic mass is 16.6. The Kier molecular flexibility index (Phi) is 3.00. The number of Topliss-reactive ketones (excluding diaryl/α,β-unsaturated/α-hetero) is 1. The van der Waals surface area contributed by atoms with Crippen molar-refractivity contribution in [2.24, 2.45) is 5.41 Å². The monoisotopic (exact) mass is 212 g/mol. The van der Waals surface area contributed by atoms with Gasteiger partial charge in [-0.05, 0) is 26.8 Å². The molecule has 4 heteroatoms. The van der Waals surface area contributed by atoms with E-state index in [1.807, 2.05) is 0 Å². The lowest BCUT2D eigenvalue weighted by Gasteiger charge is -2.21. The lowest BCUT2D eigenvalue weighted by molar-refractivity contribution is -0.153. The normalized spacial score (nSPS) is 29.9. The van der Waals surface area contributed by atoms with E-state index >= 15 is 0 Å². The minimum absolute atomic E-state index is 0.0609. The minimum Gasteiger partial charge on any atom is -0.443 e. The predicted octanol–water partition coefficient (Wildman–Crippen LogP) is 1.10. The standard InChI is InChI=1S/C11H16O4/c1-5-6-11(7-14-4)8(12)10(2,3)9(13)15-11/h5-6H,7H2,1-4H3/b6-5+/t11-/m0/s1. The van der Waals surface area contributed by atoms with Gasteiger partial charge < -0.3 is 9.47 Å². The molecule has 0 aromatic rings. The van der Waals surface area contributed by atoms with Crippen LogP contribution < -0.4 is 0 Å². The zero-order chi connectivity index (χ0) is 11.7. The van der Waals surface area contributed by atoms with Crippen LogP contribution in [0.15, 0.2) is 12.2 Å². The zero-order valence-electron chi connectivity index (χ0n) is 9.49. The summed E-state index contributed by atoms with van der Waals surface area (Å²) in [5.74, 6) is -0.748. The second-order valence-electron chi connectivity index (χ2n) is 4.17. The summed E-state index contributed by atoms with van der Waals surface area (Å²) in [6.07, 6.45) is 3.26. The summed E-state index contributed by atoms with van der Waals surface area (Å²) in [7, 11) is 1.47. The van der Waals surface area contributed by atoms with Crippen LogP contribution in [0.2, 0.25) is 0 Å². The van der Waals surface area contributed by atoms with E-state index in [4.69, 9.17) is 9.47 Å². The van der Waals surface area contributed by atoms with Gasteiger partial charge in [0.2, 0.25) is 5.60 Å². The molecule has 1 aliphatic heterocycles. The van der Waals surface area contributed by atoms with Crippen LogP contribution in [0, 0.1) is 5.41 Å². The molecule has 1 atom stereocenters. The number of ether oxygens (including phenoxy) is 2. The second kappa shape index (κ2) is 3.77. The molecule has 1 heterocycles. The smallest absolute Gasteiger partial charge is 0.320 e. The summed E-state index contributed by atoms with van der Waals surface area (Å²) >= 11 is 0. The van der Waals surface area contributed by atoms with Crippen molar-refractivity contribution in [3.8, 4) is 0 Å². The van der Waals surface area contributed by atoms with Crippen molar-refractivity contribution in [2.45, 2.75) is 26.4 Å². The Morgan fingerprint density at radius 1 is 1.40 bits per heavy atom. The number of allylic oxidation sites excluding steroid dienone is 1. The lowest BCUT2D eigenvalue weighted by Crippen LogP contribution is -2.42. The first kappa shape index (κ1) is 11.9. The summed E-state index contributed by atoms with van der Waals surface area (Å²) in [5, 5.41) is 0. The highest BCUT2D eigenvalue weighted by molar-refractivity contribution is 6.13. The fraction of sp³-hybridized carbons (Fsp3) is 0.636. The zero-order valence-corrected chi connectivity index (χ0v) is 9.49. The highest BCUT2D eigenvalue weighted by Crippen LogP contribution is 2.37. The molecule has 4 nitrogen and oxygen atoms in total. The molecule has 0 unspecified atom stereocenters. The van der Waals surface area contributed by atoms with Crippen LogP contribution in [-0.4, -0.2) is 31.1 Å². The van der Waals surface area contributed by atoms with E-state index in [1.54, 1.807) is 32.9 Å². The molecule has 0 amide bonds. The first-order chi connectivity index (χ1) is 6.90. The third-order valence-electron chi connectivity index (χ3n) is 2.53. The lowest BCUT2D eigenvalue weighted by atomic mass is 9.82. The largest absolute Gasteiger partial charge is 0.443 e. The van der Waals surface area contributed by atoms with Crippen LogP contribution in [0.1, 0.15) is 20.8 Å². The van der Waals surface area contributed by atoms with Crippen molar-refractivity contribution < 1.29 is 19.1 Å². The topological polar surface area (TPSA) is 52.6 Å². The van der Waals surface area contributed by atoms with Gasteiger partial charge in [0.1, 0.15) is 5.41 Å². The molecule has 15 heavy (non-hydrogen) atoms. The number of hydrogen-bond acceptors (Lipinski definition) is 4. The van der Waals surface area contributed by atoms with E-state index in [1.165, 1.54) is 7.11 Å². The van der Waals surface area contributed by atoms with Crippen molar-refractivity contribution in [3.63, 3.8) is 0 Å². The average Bonchev–Trinajstić information content (AvgIpc) is 2.30. The molecule has 1 fully saturated rings. The molecule has 1 saturated heterocycles. The predicted molar refractivity (Wildman–Crippen MR) is 54.3 cm³/mol. The SMILES string of the molecule is C/C=C/[C@@]1(COC)OC(=O)C(C)(C)C1=O. The Morgan fingerprint density at radius 3 is 2.33 bits per heavy atom. The van der Waals surface area contributed by atoms with Gasteiger partial charge in [-0.15, -0.1) is 0 Å². The average molecular weight is 212 g/mol. The summed E-state index contributed by atoms with van der Waals surface area (Å²) in [6.45, 7) is 4.96.